The van der Waals surface area contributed by atoms with Gasteiger partial charge in [0.15, 0.2) is 0 Å². The lowest BCUT2D eigenvalue weighted by atomic mass is 10.2. The van der Waals surface area contributed by atoms with Gasteiger partial charge in [0.25, 0.3) is 0 Å². The van der Waals surface area contributed by atoms with Crippen molar-refractivity contribution < 1.29 is 47.7 Å². The Morgan fingerprint density at radius 1 is 0.889 bits per heavy atom. The summed E-state index contributed by atoms with van der Waals surface area (Å²) in [4.78, 5) is 56.9. The largest absolute Gasteiger partial charge is 0.464 e. The summed E-state index contributed by atoms with van der Waals surface area (Å²) in [5.41, 5.74) is 0. The average Bonchev–Trinajstić information content (AvgIpc) is 2.58. The van der Waals surface area contributed by atoms with Crippen LogP contribution in [-0.2, 0) is 38.1 Å². The van der Waals surface area contributed by atoms with Crippen LogP contribution >= 0.6 is 11.8 Å². The topological polar surface area (TPSA) is 144 Å². The number of hydrogen-bond acceptors (Lipinski definition) is 11. The van der Waals surface area contributed by atoms with E-state index in [9.17, 15) is 24.0 Å². The number of ether oxygens (including phenoxy) is 5. The van der Waals surface area contributed by atoms with Gasteiger partial charge in [-0.25, -0.2) is 14.4 Å². The van der Waals surface area contributed by atoms with Crippen LogP contribution in [0.25, 0.3) is 0 Å². The summed E-state index contributed by atoms with van der Waals surface area (Å²) in [6.07, 6.45) is -1.04. The molecule has 0 heterocycles. The Balaban J connectivity index is 4.44. The third kappa shape index (κ3) is 12.5. The molecule has 1 atom stereocenters. The molecular formula is C15H23NO10S. The van der Waals surface area contributed by atoms with E-state index in [4.69, 9.17) is 4.74 Å². The molecule has 0 saturated carbocycles. The average molecular weight is 409 g/mol. The fourth-order valence-electron chi connectivity index (χ4n) is 1.26. The van der Waals surface area contributed by atoms with Crippen molar-refractivity contribution in [3.05, 3.63) is 0 Å². The number of carbonyl (C=O) groups is 5. The number of carbonyl (C=O) groups excluding carboxylic acids is 5. The van der Waals surface area contributed by atoms with E-state index < -0.39 is 54.8 Å². The Hall–Kier alpha value is -2.50. The zero-order valence-corrected chi connectivity index (χ0v) is 16.3. The molecule has 27 heavy (non-hydrogen) atoms. The van der Waals surface area contributed by atoms with Gasteiger partial charge in [0, 0.05) is 12.7 Å². The molecule has 0 spiro atoms. The second-order valence-electron chi connectivity index (χ2n) is 5.08. The van der Waals surface area contributed by atoms with Crippen LogP contribution in [-0.4, -0.2) is 61.3 Å². The van der Waals surface area contributed by atoms with E-state index in [2.05, 4.69) is 24.3 Å². The fraction of sp³-hybridized carbons (Fsp3) is 0.667. The highest BCUT2D eigenvalue weighted by atomic mass is 32.2. The SMILES string of the molecule is CCOC(=O)[C@H](CSC(=O)OCOC(C)=O)NC(=O)OCOC(=O)C(C)C. The van der Waals surface area contributed by atoms with Gasteiger partial charge in [0.1, 0.15) is 6.04 Å². The van der Waals surface area contributed by atoms with E-state index in [1.807, 2.05) is 0 Å². The number of esters is 3. The van der Waals surface area contributed by atoms with Gasteiger partial charge in [-0.3, -0.25) is 9.59 Å². The van der Waals surface area contributed by atoms with E-state index in [0.717, 1.165) is 6.92 Å². The van der Waals surface area contributed by atoms with E-state index in [1.165, 1.54) is 0 Å². The Kier molecular flexibility index (Phi) is 12.4. The van der Waals surface area contributed by atoms with Crippen molar-refractivity contribution in [1.29, 1.82) is 0 Å². The predicted octanol–water partition coefficient (Wildman–Crippen LogP) is 1.19. The van der Waals surface area contributed by atoms with Crippen LogP contribution in [0.5, 0.6) is 0 Å². The van der Waals surface area contributed by atoms with Gasteiger partial charge in [-0.2, -0.15) is 0 Å². The van der Waals surface area contributed by atoms with E-state index >= 15 is 0 Å². The summed E-state index contributed by atoms with van der Waals surface area (Å²) in [6.45, 7) is 4.79. The molecule has 0 aromatic heterocycles. The van der Waals surface area contributed by atoms with Crippen LogP contribution in [0.4, 0.5) is 9.59 Å². The maximum atomic E-state index is 11.9. The molecule has 0 bridgehead atoms. The summed E-state index contributed by atoms with van der Waals surface area (Å²) in [5, 5.41) is 1.37. The third-order valence-electron chi connectivity index (χ3n) is 2.53. The number of amides is 1. The van der Waals surface area contributed by atoms with Crippen LogP contribution < -0.4 is 5.32 Å². The van der Waals surface area contributed by atoms with Crippen LogP contribution in [0.15, 0.2) is 0 Å². The molecule has 11 nitrogen and oxygen atoms in total. The van der Waals surface area contributed by atoms with Crippen molar-refractivity contribution in [3.8, 4) is 0 Å². The molecule has 154 valence electrons. The predicted molar refractivity (Wildman–Crippen MR) is 91.4 cm³/mol. The van der Waals surface area contributed by atoms with Crippen LogP contribution in [0.1, 0.15) is 27.7 Å². The quantitative estimate of drug-likeness (QED) is 0.315. The molecule has 1 amide bonds. The van der Waals surface area contributed by atoms with Crippen molar-refractivity contribution >= 4 is 41.1 Å². The number of rotatable bonds is 10. The van der Waals surface area contributed by atoms with Gasteiger partial charge in [0.05, 0.1) is 12.5 Å². The zero-order valence-electron chi connectivity index (χ0n) is 15.5. The number of nitrogens with one attached hydrogen (secondary N) is 1. The second-order valence-corrected chi connectivity index (χ2v) is 6.03. The Bertz CT molecular complexity index is 537. The maximum absolute atomic E-state index is 11.9. The lowest BCUT2D eigenvalue weighted by Gasteiger charge is -2.16. The summed E-state index contributed by atoms with van der Waals surface area (Å²) in [7, 11) is 0. The molecule has 0 radical (unpaired) electrons. The molecule has 1 N–H and O–H groups in total. The minimum atomic E-state index is -1.22. The highest BCUT2D eigenvalue weighted by molar-refractivity contribution is 8.13. The highest BCUT2D eigenvalue weighted by Gasteiger charge is 2.25. The summed E-state index contributed by atoms with van der Waals surface area (Å²) in [6, 6.07) is -1.22. The first-order valence-electron chi connectivity index (χ1n) is 7.86. The number of thioether (sulfide) groups is 1. The summed E-state index contributed by atoms with van der Waals surface area (Å²) >= 11 is 0.556. The zero-order chi connectivity index (χ0) is 20.8. The lowest BCUT2D eigenvalue weighted by molar-refractivity contribution is -0.156. The minimum Gasteiger partial charge on any atom is -0.464 e. The Morgan fingerprint density at radius 2 is 1.52 bits per heavy atom. The second kappa shape index (κ2) is 13.7. The van der Waals surface area contributed by atoms with E-state index in [-0.39, 0.29) is 12.4 Å². The van der Waals surface area contributed by atoms with Crippen LogP contribution in [0.2, 0.25) is 0 Å². The molecule has 12 heteroatoms. The monoisotopic (exact) mass is 409 g/mol. The maximum Gasteiger partial charge on any atom is 0.410 e. The van der Waals surface area contributed by atoms with E-state index in [1.54, 1.807) is 20.8 Å². The van der Waals surface area contributed by atoms with Crippen LogP contribution in [0, 0.1) is 5.92 Å². The van der Waals surface area contributed by atoms with Crippen molar-refractivity contribution in [2.75, 3.05) is 25.9 Å². The lowest BCUT2D eigenvalue weighted by Crippen LogP contribution is -2.44. The standard InChI is InChI=1S/C15H23NO10S/c1-5-22-13(19)11(6-27-15(21)26-7-23-10(4)17)16-14(20)25-8-24-12(18)9(2)3/h9,11H,5-8H2,1-4H3,(H,16,20)/t11-/m0/s1. The highest BCUT2D eigenvalue weighted by Crippen LogP contribution is 2.09. The molecule has 0 aromatic rings. The van der Waals surface area contributed by atoms with Crippen molar-refractivity contribution in [3.63, 3.8) is 0 Å². The molecular weight excluding hydrogens is 386 g/mol. The van der Waals surface area contributed by atoms with Gasteiger partial charge >= 0.3 is 29.3 Å². The van der Waals surface area contributed by atoms with Gasteiger partial charge in [0.2, 0.25) is 13.6 Å². The fourth-order valence-corrected chi connectivity index (χ4v) is 1.91. The molecule has 0 rings (SSSR count). The summed E-state index contributed by atoms with van der Waals surface area (Å²) < 4.78 is 23.1. The molecule has 0 saturated heterocycles. The molecule has 0 aliphatic carbocycles. The molecule has 0 aromatic carbocycles. The number of hydrogen-bond donors (Lipinski definition) is 1. The summed E-state index contributed by atoms with van der Waals surface area (Å²) in [5.74, 6) is -2.60. The first-order chi connectivity index (χ1) is 12.7. The van der Waals surface area contributed by atoms with Gasteiger partial charge in [-0.15, -0.1) is 0 Å². The van der Waals surface area contributed by atoms with E-state index in [0.29, 0.717) is 11.8 Å². The number of alkyl carbamates (subject to hydrolysis) is 1. The Morgan fingerprint density at radius 3 is 2.07 bits per heavy atom. The first kappa shape index (κ1) is 24.5. The van der Waals surface area contributed by atoms with Crippen molar-refractivity contribution in [1.82, 2.24) is 5.32 Å². The normalized spacial score (nSPS) is 11.1. The third-order valence-corrected chi connectivity index (χ3v) is 3.39. The molecule has 0 fully saturated rings. The first-order valence-corrected chi connectivity index (χ1v) is 8.85. The van der Waals surface area contributed by atoms with Crippen molar-refractivity contribution in [2.24, 2.45) is 5.92 Å². The van der Waals surface area contributed by atoms with Gasteiger partial charge in [-0.1, -0.05) is 13.8 Å². The van der Waals surface area contributed by atoms with Gasteiger partial charge < -0.3 is 29.0 Å². The minimum absolute atomic E-state index is 0.0552. The molecule has 0 aliphatic rings. The van der Waals surface area contributed by atoms with Crippen LogP contribution in [0.3, 0.4) is 0 Å². The molecule has 0 aliphatic heterocycles. The smallest absolute Gasteiger partial charge is 0.410 e. The molecule has 0 unspecified atom stereocenters. The van der Waals surface area contributed by atoms with Gasteiger partial charge in [-0.05, 0) is 18.7 Å². The van der Waals surface area contributed by atoms with Crippen molar-refractivity contribution in [2.45, 2.75) is 33.7 Å². The Labute approximate surface area is 160 Å².